The van der Waals surface area contributed by atoms with E-state index in [-0.39, 0.29) is 5.95 Å². The molecule has 0 radical (unpaired) electrons. The summed E-state index contributed by atoms with van der Waals surface area (Å²) in [6.45, 7) is 0. The molecule has 1 aromatic carbocycles. The van der Waals surface area contributed by atoms with Gasteiger partial charge in [-0.05, 0) is 6.07 Å². The average Bonchev–Trinajstić information content (AvgIpc) is 2.04. The van der Waals surface area contributed by atoms with Crippen LogP contribution in [0.5, 0.6) is 0 Å². The van der Waals surface area contributed by atoms with Crippen molar-refractivity contribution in [3.8, 4) is 0 Å². The van der Waals surface area contributed by atoms with Gasteiger partial charge < -0.3 is 5.73 Å². The highest BCUT2D eigenvalue weighted by Gasteiger charge is 2.06. The Labute approximate surface area is 67.4 Å². The van der Waals surface area contributed by atoms with Crippen LogP contribution in [-0.2, 0) is 0 Å². The minimum atomic E-state index is 0.115. The van der Waals surface area contributed by atoms with Gasteiger partial charge in [-0.3, -0.25) is 0 Å². The summed E-state index contributed by atoms with van der Waals surface area (Å²) in [6.07, 6.45) is 0. The van der Waals surface area contributed by atoms with E-state index in [4.69, 9.17) is 5.73 Å². The Bertz CT molecular complexity index is 476. The average molecular weight is 163 g/mol. The molecule has 0 saturated heterocycles. The lowest BCUT2D eigenvalue weighted by Crippen LogP contribution is -2.22. The Morgan fingerprint density at radius 3 is 3.00 bits per heavy atom. The number of hydrogen-bond donors (Lipinski definition) is 2. The topological polar surface area (TPSA) is 77.7 Å². The van der Waals surface area contributed by atoms with Crippen LogP contribution in [0.15, 0.2) is 24.3 Å². The number of nitrogens with zero attached hydrogens (tertiary/aromatic N) is 2. The van der Waals surface area contributed by atoms with Crippen molar-refractivity contribution in [3.05, 3.63) is 29.2 Å². The van der Waals surface area contributed by atoms with Crippen LogP contribution in [0, 0.1) is 4.91 Å². The molecule has 1 aromatic heterocycles. The van der Waals surface area contributed by atoms with Crippen LogP contribution >= 0.6 is 0 Å². The van der Waals surface area contributed by atoms with Crippen molar-refractivity contribution in [2.75, 3.05) is 5.73 Å². The fourth-order valence-corrected chi connectivity index (χ4v) is 1.05. The predicted molar refractivity (Wildman–Crippen MR) is 43.9 cm³/mol. The zero-order valence-electron chi connectivity index (χ0n) is 6.19. The van der Waals surface area contributed by atoms with E-state index in [9.17, 15) is 4.91 Å². The first kappa shape index (κ1) is 6.78. The molecule has 0 amide bonds. The second-order valence-electron chi connectivity index (χ2n) is 2.39. The molecule has 60 valence electrons. The van der Waals surface area contributed by atoms with Crippen molar-refractivity contribution in [1.82, 2.24) is 10.1 Å². The molecule has 0 saturated carbocycles. The number of aromatic nitrogens is 3. The maximum atomic E-state index is 11.1. The minimum Gasteiger partial charge on any atom is -0.365 e. The number of H-pyrrole nitrogens is 1. The molecule has 2 rings (SSSR count). The fourth-order valence-electron chi connectivity index (χ4n) is 1.05. The lowest BCUT2D eigenvalue weighted by molar-refractivity contribution is -0.535. The van der Waals surface area contributed by atoms with Crippen LogP contribution in [0.25, 0.3) is 11.0 Å². The molecule has 0 bridgehead atoms. The molecule has 0 spiro atoms. The Morgan fingerprint density at radius 1 is 1.42 bits per heavy atom. The molecule has 1 heterocycles. The van der Waals surface area contributed by atoms with E-state index in [0.29, 0.717) is 15.6 Å². The number of fused-ring (bicyclic) bond motifs is 1. The number of hydrogen-bond acceptors (Lipinski definition) is 3. The number of nitrogens with one attached hydrogen (secondary N) is 1. The first-order valence-electron chi connectivity index (χ1n) is 3.44. The fraction of sp³-hybridized carbons (Fsp3) is 0. The number of para-hydroxylation sites is 2. The van der Waals surface area contributed by atoms with E-state index < -0.39 is 0 Å². The van der Waals surface area contributed by atoms with Gasteiger partial charge in [0.25, 0.3) is 5.95 Å². The monoisotopic (exact) mass is 163 g/mol. The highest BCUT2D eigenvalue weighted by Crippen LogP contribution is 2.04. The number of aromatic amines is 1. The minimum absolute atomic E-state index is 0.115. The van der Waals surface area contributed by atoms with Crippen LogP contribution in [0.1, 0.15) is 0 Å². The molecular weight excluding hydrogens is 156 g/mol. The van der Waals surface area contributed by atoms with E-state index in [1.807, 2.05) is 0 Å². The van der Waals surface area contributed by atoms with E-state index in [1.54, 1.807) is 24.3 Å². The summed E-state index contributed by atoms with van der Waals surface area (Å²) in [5.41, 5.74) is 6.40. The smallest absolute Gasteiger partial charge is 0.317 e. The quantitative estimate of drug-likeness (QED) is 0.539. The summed E-state index contributed by atoms with van der Waals surface area (Å²) < 4.78 is 0.595. The molecule has 0 aliphatic heterocycles. The zero-order chi connectivity index (χ0) is 8.55. The molecule has 0 aliphatic rings. The van der Waals surface area contributed by atoms with Gasteiger partial charge in [0.05, 0.1) is 4.91 Å². The van der Waals surface area contributed by atoms with Crippen LogP contribution in [-0.4, -0.2) is 10.1 Å². The Morgan fingerprint density at radius 2 is 2.17 bits per heavy atom. The highest BCUT2D eigenvalue weighted by molar-refractivity contribution is 5.70. The lowest BCUT2D eigenvalue weighted by atomic mass is 10.3. The van der Waals surface area contributed by atoms with E-state index >= 15 is 0 Å². The number of rotatable bonds is 0. The van der Waals surface area contributed by atoms with E-state index in [2.05, 4.69) is 10.1 Å². The molecule has 2 aromatic rings. The summed E-state index contributed by atoms with van der Waals surface area (Å²) in [5.74, 6) is 0.115. The lowest BCUT2D eigenvalue weighted by Gasteiger charge is -1.88. The van der Waals surface area contributed by atoms with Crippen molar-refractivity contribution < 1.29 is 4.54 Å². The molecule has 0 fully saturated rings. The maximum absolute atomic E-state index is 11.1. The molecule has 0 atom stereocenters. The number of anilines is 1. The first-order valence-corrected chi connectivity index (χ1v) is 3.44. The van der Waals surface area contributed by atoms with Crippen molar-refractivity contribution in [3.63, 3.8) is 0 Å². The molecule has 3 N–H and O–H groups in total. The molecule has 5 nitrogen and oxygen atoms in total. The SMILES string of the molecule is Nc1nc2ccccc2[n+](=O)[nH]1. The summed E-state index contributed by atoms with van der Waals surface area (Å²) >= 11 is 0. The maximum Gasteiger partial charge on any atom is 0.317 e. The zero-order valence-corrected chi connectivity index (χ0v) is 6.19. The van der Waals surface area contributed by atoms with Gasteiger partial charge in [-0.15, -0.1) is 0 Å². The van der Waals surface area contributed by atoms with Crippen LogP contribution < -0.4 is 10.3 Å². The number of benzene rings is 1. The van der Waals surface area contributed by atoms with Crippen molar-refractivity contribution >= 4 is 17.0 Å². The van der Waals surface area contributed by atoms with E-state index in [0.717, 1.165) is 0 Å². The van der Waals surface area contributed by atoms with Gasteiger partial charge >= 0.3 is 5.52 Å². The van der Waals surface area contributed by atoms with Gasteiger partial charge in [-0.25, -0.2) is 4.98 Å². The third-order valence-electron chi connectivity index (χ3n) is 1.56. The van der Waals surface area contributed by atoms with Crippen molar-refractivity contribution in [2.45, 2.75) is 0 Å². The predicted octanol–water partition coefficient (Wildman–Crippen LogP) is 0.0596. The Hall–Kier alpha value is -1.91. The summed E-state index contributed by atoms with van der Waals surface area (Å²) in [4.78, 5) is 15.1. The van der Waals surface area contributed by atoms with Crippen LogP contribution in [0.2, 0.25) is 0 Å². The number of nitrogen functional groups attached to an aromatic ring is 1. The Balaban J connectivity index is 2.99. The number of nitrogens with two attached hydrogens (primary N) is 1. The normalized spacial score (nSPS) is 10.3. The van der Waals surface area contributed by atoms with Gasteiger partial charge in [-0.1, -0.05) is 17.2 Å². The summed E-state index contributed by atoms with van der Waals surface area (Å²) in [7, 11) is 0. The molecule has 5 heteroatoms. The molecule has 0 unspecified atom stereocenters. The first-order chi connectivity index (χ1) is 5.77. The second kappa shape index (κ2) is 2.30. The third kappa shape index (κ3) is 0.914. The van der Waals surface area contributed by atoms with Crippen molar-refractivity contribution in [1.29, 1.82) is 0 Å². The van der Waals surface area contributed by atoms with Gasteiger partial charge in [0.2, 0.25) is 0 Å². The van der Waals surface area contributed by atoms with Crippen molar-refractivity contribution in [2.24, 2.45) is 0 Å². The third-order valence-corrected chi connectivity index (χ3v) is 1.56. The molecule has 0 aliphatic carbocycles. The summed E-state index contributed by atoms with van der Waals surface area (Å²) in [5, 5.41) is 2.34. The largest absolute Gasteiger partial charge is 0.365 e. The molecular formula is C7H7N4O+. The molecule has 12 heavy (non-hydrogen) atoms. The highest BCUT2D eigenvalue weighted by atomic mass is 16.3. The van der Waals surface area contributed by atoms with Gasteiger partial charge in [0.1, 0.15) is 5.52 Å². The van der Waals surface area contributed by atoms with Crippen LogP contribution in [0.3, 0.4) is 0 Å². The summed E-state index contributed by atoms with van der Waals surface area (Å²) in [6, 6.07) is 6.97. The standard InChI is InChI=1S/C7H7N4O/c8-7-9-5-3-1-2-4-6(5)11(12)10-7/h1-4H,(H3,8,9,10,12)/q+1. The Kier molecular flexibility index (Phi) is 1.30. The van der Waals surface area contributed by atoms with E-state index in [1.165, 1.54) is 0 Å². The van der Waals surface area contributed by atoms with Gasteiger partial charge in [0.15, 0.2) is 4.54 Å². The van der Waals surface area contributed by atoms with Gasteiger partial charge in [0, 0.05) is 6.07 Å². The van der Waals surface area contributed by atoms with Crippen LogP contribution in [0.4, 0.5) is 5.95 Å². The van der Waals surface area contributed by atoms with Gasteiger partial charge in [-0.2, -0.15) is 0 Å². The second-order valence-corrected chi connectivity index (χ2v) is 2.39.